The van der Waals surface area contributed by atoms with Gasteiger partial charge in [-0.25, -0.2) is 4.79 Å². The van der Waals surface area contributed by atoms with Crippen LogP contribution in [0.3, 0.4) is 0 Å². The lowest BCUT2D eigenvalue weighted by molar-refractivity contribution is -0.139. The third-order valence-corrected chi connectivity index (χ3v) is 6.34. The first-order valence-electron chi connectivity index (χ1n) is 12.1. The first-order chi connectivity index (χ1) is 17.0. The first kappa shape index (κ1) is 27.5. The molecule has 0 aromatic heterocycles. The molecule has 0 unspecified atom stereocenters. The number of rotatable bonds is 10. The third kappa shape index (κ3) is 5.66. The van der Waals surface area contributed by atoms with Crippen molar-refractivity contribution in [3.05, 3.63) is 46.7 Å². The summed E-state index contributed by atoms with van der Waals surface area (Å²) in [5.41, 5.74) is -0.738. The molecule has 0 aliphatic carbocycles. The van der Waals surface area contributed by atoms with Crippen LogP contribution in [0.4, 0.5) is 18.0 Å². The Balaban J connectivity index is 2.00. The fraction of sp³-hybridized carbons (Fsp3) is 0.560. The van der Waals surface area contributed by atoms with E-state index < -0.39 is 35.8 Å². The Hall–Kier alpha value is -3.08. The van der Waals surface area contributed by atoms with Crippen molar-refractivity contribution in [2.75, 3.05) is 33.4 Å². The van der Waals surface area contributed by atoms with E-state index in [4.69, 9.17) is 4.74 Å². The van der Waals surface area contributed by atoms with Crippen LogP contribution in [-0.2, 0) is 20.5 Å². The van der Waals surface area contributed by atoms with E-state index in [-0.39, 0.29) is 36.1 Å². The number of hydrogen-bond donors (Lipinski definition) is 2. The summed E-state index contributed by atoms with van der Waals surface area (Å²) >= 11 is 0. The molecule has 1 aromatic carbocycles. The molecule has 8 nitrogen and oxygen atoms in total. The Morgan fingerprint density at radius 1 is 1.25 bits per heavy atom. The summed E-state index contributed by atoms with van der Waals surface area (Å²) in [6.45, 7) is 6.57. The van der Waals surface area contributed by atoms with Crippen molar-refractivity contribution in [3.8, 4) is 0 Å². The van der Waals surface area contributed by atoms with Crippen LogP contribution in [0.25, 0.3) is 0 Å². The number of hydrogen-bond acceptors (Lipinski definition) is 4. The van der Waals surface area contributed by atoms with Crippen molar-refractivity contribution in [2.45, 2.75) is 51.9 Å². The molecule has 0 bridgehead atoms. The molecule has 2 N–H and O–H groups in total. The minimum Gasteiger partial charge on any atom is -0.385 e. The van der Waals surface area contributed by atoms with Gasteiger partial charge in [0.15, 0.2) is 0 Å². The summed E-state index contributed by atoms with van der Waals surface area (Å²) in [6, 6.07) is 2.20. The standard InChI is InChI=1S/C25H33F3N4O4/c1-5-31-19-14-32(18(13-15(2)3)22(33)29-11-8-12-36-4)23(34)20(19)21(30-24(31)35)16-9-6-7-10-17(16)25(26,27)28/h6-7,9-10,15,18,21H,5,8,11-14H2,1-4H3,(H,29,33)(H,30,35)/t18-,21-/m0/s1. The summed E-state index contributed by atoms with van der Waals surface area (Å²) in [4.78, 5) is 42.5. The molecule has 2 aliphatic heterocycles. The van der Waals surface area contributed by atoms with Crippen LogP contribution < -0.4 is 10.6 Å². The van der Waals surface area contributed by atoms with Crippen molar-refractivity contribution in [2.24, 2.45) is 5.92 Å². The van der Waals surface area contributed by atoms with Crippen molar-refractivity contribution < 1.29 is 32.3 Å². The van der Waals surface area contributed by atoms with Gasteiger partial charge in [-0.1, -0.05) is 32.0 Å². The summed E-state index contributed by atoms with van der Waals surface area (Å²) in [5.74, 6) is -0.834. The zero-order chi connectivity index (χ0) is 26.6. The highest BCUT2D eigenvalue weighted by Gasteiger charge is 2.48. The Labute approximate surface area is 208 Å². The second kappa shape index (κ2) is 11.3. The number of carbonyl (C=O) groups excluding carboxylic acids is 3. The van der Waals surface area contributed by atoms with E-state index in [9.17, 15) is 27.6 Å². The van der Waals surface area contributed by atoms with Gasteiger partial charge in [-0.15, -0.1) is 0 Å². The zero-order valence-electron chi connectivity index (χ0n) is 20.9. The van der Waals surface area contributed by atoms with Crippen LogP contribution in [0.5, 0.6) is 0 Å². The van der Waals surface area contributed by atoms with Crippen molar-refractivity contribution in [1.29, 1.82) is 0 Å². The quantitative estimate of drug-likeness (QED) is 0.472. The van der Waals surface area contributed by atoms with Gasteiger partial charge in [-0.2, -0.15) is 13.2 Å². The van der Waals surface area contributed by atoms with Gasteiger partial charge >= 0.3 is 12.2 Å². The summed E-state index contributed by atoms with van der Waals surface area (Å²) in [7, 11) is 1.56. The molecular formula is C25H33F3N4O4. The van der Waals surface area contributed by atoms with Crippen LogP contribution in [0.2, 0.25) is 0 Å². The average molecular weight is 511 g/mol. The molecule has 0 spiro atoms. The van der Waals surface area contributed by atoms with Gasteiger partial charge in [-0.3, -0.25) is 14.5 Å². The summed E-state index contributed by atoms with van der Waals surface area (Å²) < 4.78 is 46.5. The van der Waals surface area contributed by atoms with E-state index in [1.54, 1.807) is 14.0 Å². The van der Waals surface area contributed by atoms with Crippen LogP contribution >= 0.6 is 0 Å². The number of amides is 4. The first-order valence-corrected chi connectivity index (χ1v) is 12.1. The second-order valence-corrected chi connectivity index (χ2v) is 9.29. The Morgan fingerprint density at radius 2 is 1.94 bits per heavy atom. The van der Waals surface area contributed by atoms with Gasteiger partial charge in [0.25, 0.3) is 5.91 Å². The number of likely N-dealkylation sites (N-methyl/N-ethyl adjacent to an activating group) is 1. The Kier molecular flexibility index (Phi) is 8.65. The predicted octanol–water partition coefficient (Wildman–Crippen LogP) is 3.46. The molecule has 0 fully saturated rings. The number of nitrogens with zero attached hydrogens (tertiary/aromatic N) is 2. The van der Waals surface area contributed by atoms with Crippen LogP contribution in [-0.4, -0.2) is 67.0 Å². The van der Waals surface area contributed by atoms with E-state index in [0.29, 0.717) is 31.7 Å². The molecule has 0 saturated carbocycles. The average Bonchev–Trinajstić information content (AvgIpc) is 3.15. The zero-order valence-corrected chi connectivity index (χ0v) is 20.9. The highest BCUT2D eigenvalue weighted by molar-refractivity contribution is 6.03. The molecule has 198 valence electrons. The minimum absolute atomic E-state index is 0.0387. The molecule has 1 aromatic rings. The van der Waals surface area contributed by atoms with Gasteiger partial charge in [0.05, 0.1) is 29.4 Å². The number of methoxy groups -OCH3 is 1. The number of urea groups is 1. The highest BCUT2D eigenvalue weighted by atomic mass is 19.4. The maximum atomic E-state index is 13.8. The summed E-state index contributed by atoms with van der Waals surface area (Å²) in [6.07, 6.45) is -3.72. The fourth-order valence-corrected chi connectivity index (χ4v) is 4.71. The molecule has 36 heavy (non-hydrogen) atoms. The number of halogens is 3. The number of nitrogens with one attached hydrogen (secondary N) is 2. The second-order valence-electron chi connectivity index (χ2n) is 9.29. The Morgan fingerprint density at radius 3 is 2.56 bits per heavy atom. The monoisotopic (exact) mass is 510 g/mol. The lowest BCUT2D eigenvalue weighted by atomic mass is 9.91. The molecule has 2 aliphatic rings. The third-order valence-electron chi connectivity index (χ3n) is 6.34. The van der Waals surface area contributed by atoms with Crippen molar-refractivity contribution >= 4 is 17.8 Å². The Bertz CT molecular complexity index is 1020. The maximum absolute atomic E-state index is 13.8. The smallest absolute Gasteiger partial charge is 0.385 e. The SMILES string of the molecule is CCN1C(=O)N[C@@H](c2ccccc2C(F)(F)F)C2=C1CN([C@@H](CC(C)C)C(=O)NCCCOC)C2=O. The number of alkyl halides is 3. The molecule has 2 atom stereocenters. The number of benzene rings is 1. The van der Waals surface area contributed by atoms with E-state index in [1.807, 2.05) is 13.8 Å². The van der Waals surface area contributed by atoms with E-state index in [1.165, 1.54) is 28.0 Å². The predicted molar refractivity (Wildman–Crippen MR) is 127 cm³/mol. The molecular weight excluding hydrogens is 477 g/mol. The molecule has 0 saturated heterocycles. The van der Waals surface area contributed by atoms with Gasteiger partial charge in [-0.05, 0) is 37.3 Å². The van der Waals surface area contributed by atoms with Gasteiger partial charge in [0.1, 0.15) is 6.04 Å². The fourth-order valence-electron chi connectivity index (χ4n) is 4.71. The van der Waals surface area contributed by atoms with E-state index in [2.05, 4.69) is 10.6 Å². The molecule has 2 heterocycles. The van der Waals surface area contributed by atoms with Gasteiger partial charge in [0, 0.05) is 26.8 Å². The van der Waals surface area contributed by atoms with E-state index in [0.717, 1.165) is 6.07 Å². The van der Waals surface area contributed by atoms with E-state index >= 15 is 0 Å². The van der Waals surface area contributed by atoms with Crippen LogP contribution in [0.1, 0.15) is 50.8 Å². The van der Waals surface area contributed by atoms with Gasteiger partial charge < -0.3 is 20.3 Å². The molecule has 11 heteroatoms. The van der Waals surface area contributed by atoms with Crippen molar-refractivity contribution in [3.63, 3.8) is 0 Å². The lowest BCUT2D eigenvalue weighted by Gasteiger charge is -2.33. The van der Waals surface area contributed by atoms with Crippen LogP contribution in [0.15, 0.2) is 35.5 Å². The normalized spacial score (nSPS) is 19.1. The maximum Gasteiger partial charge on any atom is 0.416 e. The highest BCUT2D eigenvalue weighted by Crippen LogP contribution is 2.42. The molecule has 4 amide bonds. The van der Waals surface area contributed by atoms with Crippen molar-refractivity contribution in [1.82, 2.24) is 20.4 Å². The van der Waals surface area contributed by atoms with Crippen LogP contribution in [0, 0.1) is 5.92 Å². The number of ether oxygens (including phenoxy) is 1. The lowest BCUT2D eigenvalue weighted by Crippen LogP contribution is -2.49. The topological polar surface area (TPSA) is 91.0 Å². The minimum atomic E-state index is -4.67. The largest absolute Gasteiger partial charge is 0.416 e. The molecule has 0 radical (unpaired) electrons. The number of carbonyl (C=O) groups is 3. The molecule has 3 rings (SSSR count). The summed E-state index contributed by atoms with van der Waals surface area (Å²) in [5, 5.41) is 5.42. The van der Waals surface area contributed by atoms with Gasteiger partial charge in [0.2, 0.25) is 5.91 Å².